The van der Waals surface area contributed by atoms with Crippen LogP contribution in [0.3, 0.4) is 0 Å². The Balaban J connectivity index is 2.96. The normalized spacial score (nSPS) is 11.6. The van der Waals surface area contributed by atoms with Crippen LogP contribution in [0, 0.1) is 0 Å². The third-order valence-corrected chi connectivity index (χ3v) is 2.25. The van der Waals surface area contributed by atoms with Gasteiger partial charge in [-0.2, -0.15) is 13.2 Å². The van der Waals surface area contributed by atoms with Crippen molar-refractivity contribution in [1.29, 1.82) is 0 Å². The van der Waals surface area contributed by atoms with E-state index in [0.717, 1.165) is 18.2 Å². The Labute approximate surface area is 107 Å². The lowest BCUT2D eigenvalue weighted by atomic mass is 10.2. The summed E-state index contributed by atoms with van der Waals surface area (Å²) in [6, 6.07) is 3.15. The number of carbonyl (C=O) groups is 1. The molecule has 0 aliphatic carbocycles. The van der Waals surface area contributed by atoms with E-state index in [1.54, 1.807) is 0 Å². The minimum absolute atomic E-state index is 0.0189. The molecule has 0 bridgehead atoms. The second-order valence-electron chi connectivity index (χ2n) is 3.28. The summed E-state index contributed by atoms with van der Waals surface area (Å²) < 4.78 is 37.6. The summed E-state index contributed by atoms with van der Waals surface area (Å²) >= 11 is 5.44. The second-order valence-corrected chi connectivity index (χ2v) is 3.68. The first-order valence-electron chi connectivity index (χ1n) is 4.81. The molecule has 2 nitrogen and oxygen atoms in total. The highest BCUT2D eigenvalue weighted by atomic mass is 35.5. The summed E-state index contributed by atoms with van der Waals surface area (Å²) in [7, 11) is 0. The summed E-state index contributed by atoms with van der Waals surface area (Å²) in [6.45, 7) is 3.36. The predicted octanol–water partition coefficient (Wildman–Crippen LogP) is 4.04. The molecule has 1 aromatic carbocycles. The number of nitrogens with one attached hydrogen (secondary N) is 1. The summed E-state index contributed by atoms with van der Waals surface area (Å²) in [5, 5.41) is 1.87. The molecule has 0 fully saturated rings. The highest BCUT2D eigenvalue weighted by molar-refractivity contribution is 6.31. The van der Waals surface area contributed by atoms with Gasteiger partial charge in [-0.05, 0) is 18.2 Å². The molecule has 0 spiro atoms. The van der Waals surface area contributed by atoms with Gasteiger partial charge in [0.25, 0.3) is 0 Å². The SMILES string of the molecule is C=CC=CC(=O)Nc1ccc(Cl)c(C(F)(F)F)c1. The molecule has 0 saturated carbocycles. The fourth-order valence-corrected chi connectivity index (χ4v) is 1.38. The van der Waals surface area contributed by atoms with Crippen molar-refractivity contribution in [3.05, 3.63) is 53.6 Å². The van der Waals surface area contributed by atoms with Gasteiger partial charge in [0.2, 0.25) is 5.91 Å². The van der Waals surface area contributed by atoms with Crippen LogP contribution in [0.15, 0.2) is 43.0 Å². The first-order chi connectivity index (χ1) is 8.34. The van der Waals surface area contributed by atoms with Gasteiger partial charge in [-0.15, -0.1) is 0 Å². The van der Waals surface area contributed by atoms with E-state index in [1.165, 1.54) is 18.2 Å². The third kappa shape index (κ3) is 3.92. The molecule has 0 saturated heterocycles. The monoisotopic (exact) mass is 275 g/mol. The van der Waals surface area contributed by atoms with E-state index in [-0.39, 0.29) is 5.69 Å². The van der Waals surface area contributed by atoms with Gasteiger partial charge >= 0.3 is 6.18 Å². The molecule has 1 aromatic rings. The van der Waals surface area contributed by atoms with E-state index in [2.05, 4.69) is 11.9 Å². The summed E-state index contributed by atoms with van der Waals surface area (Å²) in [5.74, 6) is -0.551. The van der Waals surface area contributed by atoms with Crippen molar-refractivity contribution in [2.75, 3.05) is 5.32 Å². The van der Waals surface area contributed by atoms with E-state index in [4.69, 9.17) is 11.6 Å². The Morgan fingerprint density at radius 2 is 2.06 bits per heavy atom. The Kier molecular flexibility index (Phi) is 4.55. The van der Waals surface area contributed by atoms with Crippen LogP contribution in [0.2, 0.25) is 5.02 Å². The third-order valence-electron chi connectivity index (χ3n) is 1.92. The fourth-order valence-electron chi connectivity index (χ4n) is 1.16. The number of alkyl halides is 3. The molecule has 0 unspecified atom stereocenters. The molecule has 1 amide bonds. The number of benzene rings is 1. The lowest BCUT2D eigenvalue weighted by Crippen LogP contribution is -2.10. The first-order valence-corrected chi connectivity index (χ1v) is 5.19. The molecule has 0 heterocycles. The van der Waals surface area contributed by atoms with Crippen LogP contribution in [0.1, 0.15) is 5.56 Å². The molecule has 0 radical (unpaired) electrons. The van der Waals surface area contributed by atoms with Crippen LogP contribution >= 0.6 is 11.6 Å². The summed E-state index contributed by atoms with van der Waals surface area (Å²) in [6.07, 6.45) is -0.665. The van der Waals surface area contributed by atoms with Gasteiger partial charge in [0.1, 0.15) is 0 Å². The van der Waals surface area contributed by atoms with Crippen molar-refractivity contribution in [2.45, 2.75) is 6.18 Å². The van der Waals surface area contributed by atoms with Gasteiger partial charge < -0.3 is 5.32 Å². The number of anilines is 1. The Bertz CT molecular complexity index is 495. The van der Waals surface area contributed by atoms with Crippen molar-refractivity contribution in [3.63, 3.8) is 0 Å². The first kappa shape index (κ1) is 14.3. The largest absolute Gasteiger partial charge is 0.417 e. The van der Waals surface area contributed by atoms with Gasteiger partial charge in [0, 0.05) is 11.8 Å². The average Bonchev–Trinajstić information content (AvgIpc) is 2.27. The van der Waals surface area contributed by atoms with E-state index in [9.17, 15) is 18.0 Å². The molecular formula is C12H9ClF3NO. The fraction of sp³-hybridized carbons (Fsp3) is 0.0833. The molecule has 0 aliphatic heterocycles. The van der Waals surface area contributed by atoms with Gasteiger partial charge in [0.15, 0.2) is 0 Å². The molecule has 0 aromatic heterocycles. The van der Waals surface area contributed by atoms with Crippen molar-refractivity contribution < 1.29 is 18.0 Å². The zero-order valence-corrected chi connectivity index (χ0v) is 9.85. The smallest absolute Gasteiger partial charge is 0.322 e. The van der Waals surface area contributed by atoms with Gasteiger partial charge in [0.05, 0.1) is 10.6 Å². The maximum absolute atomic E-state index is 12.5. The number of amides is 1. The zero-order valence-electron chi connectivity index (χ0n) is 9.09. The Morgan fingerprint density at radius 1 is 1.39 bits per heavy atom. The highest BCUT2D eigenvalue weighted by Crippen LogP contribution is 2.36. The number of hydrogen-bond acceptors (Lipinski definition) is 1. The zero-order chi connectivity index (χ0) is 13.8. The van der Waals surface area contributed by atoms with Crippen molar-refractivity contribution in [1.82, 2.24) is 0 Å². The van der Waals surface area contributed by atoms with Gasteiger partial charge in [-0.25, -0.2) is 0 Å². The van der Waals surface area contributed by atoms with Crippen molar-refractivity contribution in [3.8, 4) is 0 Å². The quantitative estimate of drug-likeness (QED) is 0.655. The molecule has 1 rings (SSSR count). The van der Waals surface area contributed by atoms with Crippen LogP contribution in [-0.4, -0.2) is 5.91 Å². The van der Waals surface area contributed by atoms with Crippen LogP contribution < -0.4 is 5.32 Å². The second kappa shape index (κ2) is 5.73. The molecule has 96 valence electrons. The molecule has 18 heavy (non-hydrogen) atoms. The Morgan fingerprint density at radius 3 is 2.61 bits per heavy atom. The maximum atomic E-state index is 12.5. The predicted molar refractivity (Wildman–Crippen MR) is 64.4 cm³/mol. The topological polar surface area (TPSA) is 29.1 Å². The van der Waals surface area contributed by atoms with Crippen molar-refractivity contribution in [2.24, 2.45) is 0 Å². The molecule has 1 N–H and O–H groups in total. The Hall–Kier alpha value is -1.75. The highest BCUT2D eigenvalue weighted by Gasteiger charge is 2.33. The number of carbonyl (C=O) groups excluding carboxylic acids is 1. The average molecular weight is 276 g/mol. The lowest BCUT2D eigenvalue weighted by Gasteiger charge is -2.11. The maximum Gasteiger partial charge on any atom is 0.417 e. The van der Waals surface area contributed by atoms with Crippen LogP contribution in [0.4, 0.5) is 18.9 Å². The molecular weight excluding hydrogens is 267 g/mol. The molecule has 0 aliphatic rings. The van der Waals surface area contributed by atoms with Crippen LogP contribution in [0.25, 0.3) is 0 Å². The number of halogens is 4. The lowest BCUT2D eigenvalue weighted by molar-refractivity contribution is -0.137. The summed E-state index contributed by atoms with van der Waals surface area (Å²) in [5.41, 5.74) is -0.972. The number of allylic oxidation sites excluding steroid dienone is 2. The van der Waals surface area contributed by atoms with Gasteiger partial charge in [-0.3, -0.25) is 4.79 Å². The summed E-state index contributed by atoms with van der Waals surface area (Å²) in [4.78, 5) is 11.3. The van der Waals surface area contributed by atoms with Crippen LogP contribution in [-0.2, 0) is 11.0 Å². The minimum Gasteiger partial charge on any atom is -0.322 e. The van der Waals surface area contributed by atoms with Crippen molar-refractivity contribution >= 4 is 23.2 Å². The minimum atomic E-state index is -4.56. The standard InChI is InChI=1S/C12H9ClF3NO/c1-2-3-4-11(18)17-8-5-6-10(13)9(7-8)12(14,15)16/h2-7H,1H2,(H,17,18). The molecule has 6 heteroatoms. The molecule has 0 atom stereocenters. The van der Waals surface area contributed by atoms with Gasteiger partial charge in [-0.1, -0.05) is 30.3 Å². The van der Waals surface area contributed by atoms with Crippen LogP contribution in [0.5, 0.6) is 0 Å². The van der Waals surface area contributed by atoms with E-state index < -0.39 is 22.7 Å². The van der Waals surface area contributed by atoms with E-state index >= 15 is 0 Å². The van der Waals surface area contributed by atoms with E-state index in [1.807, 2.05) is 0 Å². The number of rotatable bonds is 3. The number of hydrogen-bond donors (Lipinski definition) is 1. The van der Waals surface area contributed by atoms with E-state index in [0.29, 0.717) is 0 Å².